The van der Waals surface area contributed by atoms with Gasteiger partial charge in [0, 0.05) is 0 Å². The van der Waals surface area contributed by atoms with Crippen LogP contribution in [0, 0.1) is 0 Å². The third-order valence-electron chi connectivity index (χ3n) is 2.71. The van der Waals surface area contributed by atoms with E-state index in [0.717, 1.165) is 10.4 Å². The number of para-hydroxylation sites is 3. The summed E-state index contributed by atoms with van der Waals surface area (Å²) in [4.78, 5) is 11.5. The summed E-state index contributed by atoms with van der Waals surface area (Å²) in [5, 5.41) is 2.59. The van der Waals surface area contributed by atoms with E-state index in [2.05, 4.69) is 11.9 Å². The third kappa shape index (κ3) is 3.56. The number of amides is 1. The first-order valence-electron chi connectivity index (χ1n) is 6.10. The van der Waals surface area contributed by atoms with Crippen LogP contribution in [0.1, 0.15) is 0 Å². The number of anilines is 3. The molecule has 1 N–H and O–H groups in total. The largest absolute Gasteiger partial charge is 0.755 e. The number of carbonyl (C=O) groups is 1. The van der Waals surface area contributed by atoms with Crippen LogP contribution in [0.2, 0.25) is 0 Å². The molecule has 2 aromatic rings. The van der Waals surface area contributed by atoms with Gasteiger partial charge in [0.05, 0.1) is 28.3 Å². The molecule has 21 heavy (non-hydrogen) atoms. The van der Waals surface area contributed by atoms with Crippen molar-refractivity contribution in [1.29, 1.82) is 0 Å². The minimum Gasteiger partial charge on any atom is -0.755 e. The number of nitrogens with one attached hydrogen (secondary N) is 1. The predicted octanol–water partition coefficient (Wildman–Crippen LogP) is 2.74. The molecule has 0 saturated heterocycles. The molecule has 0 aliphatic heterocycles. The second-order valence-corrected chi connectivity index (χ2v) is 4.86. The Hall–Kier alpha value is -2.44. The Bertz CT molecular complexity index is 674. The summed E-state index contributed by atoms with van der Waals surface area (Å²) in [6.07, 6.45) is 1.12. The Morgan fingerprint density at radius 1 is 1.14 bits per heavy atom. The first kappa shape index (κ1) is 15.0. The summed E-state index contributed by atoms with van der Waals surface area (Å²) >= 11 is -2.53. The van der Waals surface area contributed by atoms with Gasteiger partial charge in [-0.05, 0) is 30.3 Å². The third-order valence-corrected chi connectivity index (χ3v) is 3.41. The smallest absolute Gasteiger partial charge is 0.247 e. The molecule has 0 aliphatic carbocycles. The Kier molecular flexibility index (Phi) is 4.86. The molecular weight excluding hydrogens is 288 g/mol. The van der Waals surface area contributed by atoms with Gasteiger partial charge in [-0.15, -0.1) is 0 Å². The second-order valence-electron chi connectivity index (χ2n) is 4.06. The molecule has 1 amide bonds. The fraction of sp³-hybridized carbons (Fsp3) is 0. The molecular formula is C15H13N2O3S-. The van der Waals surface area contributed by atoms with Gasteiger partial charge in [-0.3, -0.25) is 13.3 Å². The number of rotatable bonds is 5. The first-order chi connectivity index (χ1) is 10.1. The summed E-state index contributed by atoms with van der Waals surface area (Å²) in [7, 11) is 0. The van der Waals surface area contributed by atoms with Crippen LogP contribution in [0.4, 0.5) is 17.1 Å². The van der Waals surface area contributed by atoms with Crippen LogP contribution < -0.4 is 9.62 Å². The molecule has 5 nitrogen and oxygen atoms in total. The predicted molar refractivity (Wildman–Crippen MR) is 82.8 cm³/mol. The van der Waals surface area contributed by atoms with Crippen molar-refractivity contribution in [2.75, 3.05) is 9.62 Å². The topological polar surface area (TPSA) is 72.5 Å². The Morgan fingerprint density at radius 3 is 2.38 bits per heavy atom. The van der Waals surface area contributed by atoms with Gasteiger partial charge in [0.2, 0.25) is 5.91 Å². The molecule has 0 aliphatic rings. The standard InChI is InChI=1S/C15H14N2O3S/c1-2-15(18)16-13-10-6-7-11-14(13)17(21(19)20)12-8-4-3-5-9-12/h2-11H,1H2,(H,16,18)(H,19,20)/p-1. The van der Waals surface area contributed by atoms with Crippen molar-refractivity contribution in [3.05, 3.63) is 67.3 Å². The van der Waals surface area contributed by atoms with Crippen LogP contribution in [0.25, 0.3) is 0 Å². The van der Waals surface area contributed by atoms with E-state index in [1.807, 2.05) is 0 Å². The van der Waals surface area contributed by atoms with Gasteiger partial charge in [0.1, 0.15) is 0 Å². The zero-order chi connectivity index (χ0) is 15.2. The Labute approximate surface area is 125 Å². The number of hydrogen-bond donors (Lipinski definition) is 1. The van der Waals surface area contributed by atoms with Gasteiger partial charge in [0.15, 0.2) is 0 Å². The molecule has 1 atom stereocenters. The summed E-state index contributed by atoms with van der Waals surface area (Å²) < 4.78 is 24.3. The van der Waals surface area contributed by atoms with Gasteiger partial charge in [-0.2, -0.15) is 0 Å². The van der Waals surface area contributed by atoms with Crippen molar-refractivity contribution in [2.24, 2.45) is 0 Å². The lowest BCUT2D eigenvalue weighted by Crippen LogP contribution is -2.21. The maximum absolute atomic E-state index is 11.6. The number of benzene rings is 2. The van der Waals surface area contributed by atoms with E-state index in [-0.39, 0.29) is 0 Å². The first-order valence-corrected chi connectivity index (χ1v) is 7.13. The SMILES string of the molecule is C=CC(=O)Nc1ccccc1N(c1ccccc1)S(=O)[O-]. The van der Waals surface area contributed by atoms with Gasteiger partial charge in [0.25, 0.3) is 0 Å². The van der Waals surface area contributed by atoms with Crippen molar-refractivity contribution < 1.29 is 13.6 Å². The number of hydrogen-bond acceptors (Lipinski definition) is 3. The van der Waals surface area contributed by atoms with Gasteiger partial charge in [-0.1, -0.05) is 36.9 Å². The van der Waals surface area contributed by atoms with E-state index in [1.54, 1.807) is 54.6 Å². The lowest BCUT2D eigenvalue weighted by Gasteiger charge is -2.28. The van der Waals surface area contributed by atoms with Crippen LogP contribution >= 0.6 is 0 Å². The molecule has 0 aromatic heterocycles. The number of carbonyl (C=O) groups excluding carboxylic acids is 1. The van der Waals surface area contributed by atoms with Crippen LogP contribution in [-0.2, 0) is 16.1 Å². The van der Waals surface area contributed by atoms with Gasteiger partial charge >= 0.3 is 0 Å². The minimum absolute atomic E-state index is 0.354. The van der Waals surface area contributed by atoms with Crippen LogP contribution in [0.5, 0.6) is 0 Å². The summed E-state index contributed by atoms with van der Waals surface area (Å²) in [5.41, 5.74) is 1.22. The molecule has 0 fully saturated rings. The molecule has 0 saturated carbocycles. The molecule has 0 bridgehead atoms. The van der Waals surface area contributed by atoms with Crippen LogP contribution in [0.3, 0.4) is 0 Å². The van der Waals surface area contributed by atoms with E-state index in [9.17, 15) is 13.6 Å². The van der Waals surface area contributed by atoms with Crippen molar-refractivity contribution in [3.63, 3.8) is 0 Å². The lowest BCUT2D eigenvalue weighted by atomic mass is 10.2. The Morgan fingerprint density at radius 2 is 1.76 bits per heavy atom. The average molecular weight is 301 g/mol. The molecule has 2 aromatic carbocycles. The van der Waals surface area contributed by atoms with E-state index in [1.165, 1.54) is 0 Å². The van der Waals surface area contributed by atoms with E-state index >= 15 is 0 Å². The monoisotopic (exact) mass is 301 g/mol. The Balaban J connectivity index is 2.49. The van der Waals surface area contributed by atoms with Crippen molar-refractivity contribution in [3.8, 4) is 0 Å². The molecule has 108 valence electrons. The molecule has 6 heteroatoms. The van der Waals surface area contributed by atoms with Crippen LogP contribution in [-0.4, -0.2) is 14.7 Å². The molecule has 0 radical (unpaired) electrons. The molecule has 0 heterocycles. The van der Waals surface area contributed by atoms with Crippen LogP contribution in [0.15, 0.2) is 67.3 Å². The summed E-state index contributed by atoms with van der Waals surface area (Å²) in [6, 6.07) is 15.2. The van der Waals surface area contributed by atoms with E-state index in [4.69, 9.17) is 0 Å². The number of nitrogens with zero attached hydrogens (tertiary/aromatic N) is 1. The summed E-state index contributed by atoms with van der Waals surface area (Å²) in [6.45, 7) is 3.38. The maximum atomic E-state index is 11.6. The van der Waals surface area contributed by atoms with Gasteiger partial charge < -0.3 is 9.87 Å². The average Bonchev–Trinajstić information content (AvgIpc) is 2.50. The zero-order valence-electron chi connectivity index (χ0n) is 11.1. The summed E-state index contributed by atoms with van der Waals surface area (Å²) in [5.74, 6) is -0.410. The quantitative estimate of drug-likeness (QED) is 0.681. The fourth-order valence-electron chi connectivity index (χ4n) is 1.81. The van der Waals surface area contributed by atoms with Crippen molar-refractivity contribution >= 4 is 34.2 Å². The fourth-order valence-corrected chi connectivity index (χ4v) is 2.42. The highest BCUT2D eigenvalue weighted by atomic mass is 32.2. The highest BCUT2D eigenvalue weighted by molar-refractivity contribution is 7.81. The highest BCUT2D eigenvalue weighted by Gasteiger charge is 2.14. The highest BCUT2D eigenvalue weighted by Crippen LogP contribution is 2.32. The van der Waals surface area contributed by atoms with Crippen molar-refractivity contribution in [2.45, 2.75) is 0 Å². The maximum Gasteiger partial charge on any atom is 0.247 e. The van der Waals surface area contributed by atoms with Gasteiger partial charge in [-0.25, -0.2) is 0 Å². The molecule has 0 spiro atoms. The molecule has 2 rings (SSSR count). The van der Waals surface area contributed by atoms with E-state index in [0.29, 0.717) is 17.1 Å². The minimum atomic E-state index is -2.53. The van der Waals surface area contributed by atoms with E-state index < -0.39 is 17.2 Å². The zero-order valence-corrected chi connectivity index (χ0v) is 11.9. The second kappa shape index (κ2) is 6.83. The molecule has 1 unspecified atom stereocenters. The van der Waals surface area contributed by atoms with Crippen molar-refractivity contribution in [1.82, 2.24) is 0 Å². The normalized spacial score (nSPS) is 11.5. The lowest BCUT2D eigenvalue weighted by molar-refractivity contribution is -0.111.